The molecule has 1 aliphatic heterocycles. The molecule has 2 fully saturated rings. The first-order chi connectivity index (χ1) is 5.35. The van der Waals surface area contributed by atoms with Gasteiger partial charge in [-0.05, 0) is 37.5 Å². The maximum absolute atomic E-state index is 5.88. The lowest BCUT2D eigenvalue weighted by molar-refractivity contribution is 0.0888. The summed E-state index contributed by atoms with van der Waals surface area (Å²) in [5, 5.41) is 0. The van der Waals surface area contributed by atoms with Gasteiger partial charge in [-0.2, -0.15) is 0 Å². The van der Waals surface area contributed by atoms with Gasteiger partial charge in [-0.25, -0.2) is 0 Å². The average Bonchev–Trinajstić information content (AvgIpc) is 2.59. The highest BCUT2D eigenvalue weighted by Crippen LogP contribution is 2.51. The predicted octanol–water partition coefficient (Wildman–Crippen LogP) is 2.57. The molecule has 0 spiro atoms. The van der Waals surface area contributed by atoms with Gasteiger partial charge in [0.2, 0.25) is 0 Å². The zero-order valence-electron chi connectivity index (χ0n) is 6.81. The van der Waals surface area contributed by atoms with Crippen molar-refractivity contribution in [2.45, 2.75) is 38.2 Å². The van der Waals surface area contributed by atoms with Crippen LogP contribution in [0.1, 0.15) is 32.1 Å². The molecule has 0 unspecified atom stereocenters. The largest absolute Gasteiger partial charge is 0.378 e. The lowest BCUT2D eigenvalue weighted by Gasteiger charge is -2.15. The van der Waals surface area contributed by atoms with Crippen molar-refractivity contribution in [1.29, 1.82) is 0 Å². The number of hydrogen-bond acceptors (Lipinski definition) is 1. The van der Waals surface area contributed by atoms with Gasteiger partial charge in [-0.1, -0.05) is 0 Å². The Bertz CT molecular complexity index is 136. The highest BCUT2D eigenvalue weighted by atomic mass is 35.5. The SMILES string of the molecule is ClCC1(C[C@H]2CCCO2)CC1. The van der Waals surface area contributed by atoms with Crippen molar-refractivity contribution < 1.29 is 4.74 Å². The van der Waals surface area contributed by atoms with Crippen LogP contribution in [0.4, 0.5) is 0 Å². The third-order valence-corrected chi connectivity index (χ3v) is 3.49. The summed E-state index contributed by atoms with van der Waals surface area (Å²) in [6.45, 7) is 0.975. The van der Waals surface area contributed by atoms with Crippen LogP contribution >= 0.6 is 11.6 Å². The Hall–Kier alpha value is 0.250. The second-order valence-electron chi connectivity index (χ2n) is 3.97. The summed E-state index contributed by atoms with van der Waals surface area (Å²) >= 11 is 5.88. The molecule has 2 aliphatic rings. The highest BCUT2D eigenvalue weighted by molar-refractivity contribution is 6.18. The van der Waals surface area contributed by atoms with Crippen molar-refractivity contribution in [3.05, 3.63) is 0 Å². The number of halogens is 1. The molecule has 0 aromatic rings. The van der Waals surface area contributed by atoms with E-state index in [1.807, 2.05) is 0 Å². The van der Waals surface area contributed by atoms with Gasteiger partial charge in [-0.3, -0.25) is 0 Å². The molecule has 1 saturated carbocycles. The van der Waals surface area contributed by atoms with E-state index >= 15 is 0 Å². The van der Waals surface area contributed by atoms with Crippen molar-refractivity contribution in [3.63, 3.8) is 0 Å². The number of ether oxygens (including phenoxy) is 1. The fourth-order valence-electron chi connectivity index (χ4n) is 1.86. The van der Waals surface area contributed by atoms with Crippen molar-refractivity contribution >= 4 is 11.6 Å². The predicted molar refractivity (Wildman–Crippen MR) is 46.0 cm³/mol. The quantitative estimate of drug-likeness (QED) is 0.598. The van der Waals surface area contributed by atoms with E-state index in [0.717, 1.165) is 12.5 Å². The Balaban J connectivity index is 1.80. The van der Waals surface area contributed by atoms with E-state index in [2.05, 4.69) is 0 Å². The topological polar surface area (TPSA) is 9.23 Å². The molecule has 0 amide bonds. The van der Waals surface area contributed by atoms with E-state index in [-0.39, 0.29) is 0 Å². The second kappa shape index (κ2) is 2.95. The maximum atomic E-state index is 5.88. The summed E-state index contributed by atoms with van der Waals surface area (Å²) in [4.78, 5) is 0. The maximum Gasteiger partial charge on any atom is 0.0581 e. The molecule has 0 bridgehead atoms. The van der Waals surface area contributed by atoms with Crippen LogP contribution < -0.4 is 0 Å². The standard InChI is InChI=1S/C9H15ClO/c10-7-9(3-4-9)6-8-2-1-5-11-8/h8H,1-7H2/t8-/m1/s1. The normalized spacial score (nSPS) is 34.1. The van der Waals surface area contributed by atoms with Gasteiger partial charge in [0, 0.05) is 12.5 Å². The molecule has 1 saturated heterocycles. The third kappa shape index (κ3) is 1.70. The number of alkyl halides is 1. The monoisotopic (exact) mass is 174 g/mol. The molecule has 1 nitrogen and oxygen atoms in total. The lowest BCUT2D eigenvalue weighted by Crippen LogP contribution is -2.14. The molecule has 0 aromatic heterocycles. The van der Waals surface area contributed by atoms with Crippen molar-refractivity contribution in [2.24, 2.45) is 5.41 Å². The minimum absolute atomic E-state index is 0.497. The molecule has 1 aliphatic carbocycles. The number of hydrogen-bond donors (Lipinski definition) is 0. The molecule has 0 N–H and O–H groups in total. The van der Waals surface area contributed by atoms with Gasteiger partial charge in [-0.15, -0.1) is 11.6 Å². The Labute approximate surface area is 73.1 Å². The summed E-state index contributed by atoms with van der Waals surface area (Å²) in [7, 11) is 0. The number of rotatable bonds is 3. The lowest BCUT2D eigenvalue weighted by atomic mass is 9.99. The van der Waals surface area contributed by atoms with E-state index in [0.29, 0.717) is 11.5 Å². The minimum atomic E-state index is 0.497. The zero-order valence-corrected chi connectivity index (χ0v) is 7.57. The van der Waals surface area contributed by atoms with Crippen LogP contribution in [-0.2, 0) is 4.74 Å². The summed E-state index contributed by atoms with van der Waals surface area (Å²) in [6.07, 6.45) is 6.93. The van der Waals surface area contributed by atoms with Crippen molar-refractivity contribution in [1.82, 2.24) is 0 Å². The first-order valence-corrected chi connectivity index (χ1v) is 5.06. The molecule has 0 aromatic carbocycles. The first-order valence-electron chi connectivity index (χ1n) is 4.52. The van der Waals surface area contributed by atoms with E-state index in [4.69, 9.17) is 16.3 Å². The van der Waals surface area contributed by atoms with E-state index in [1.165, 1.54) is 32.1 Å². The molecule has 2 rings (SSSR count). The van der Waals surface area contributed by atoms with Crippen molar-refractivity contribution in [3.8, 4) is 0 Å². The van der Waals surface area contributed by atoms with Gasteiger partial charge in [0.15, 0.2) is 0 Å². The molecule has 0 radical (unpaired) electrons. The molecule has 2 heteroatoms. The minimum Gasteiger partial charge on any atom is -0.378 e. The van der Waals surface area contributed by atoms with Crippen molar-refractivity contribution in [2.75, 3.05) is 12.5 Å². The van der Waals surface area contributed by atoms with Crippen LogP contribution in [0.5, 0.6) is 0 Å². The van der Waals surface area contributed by atoms with Crippen LogP contribution in [0.2, 0.25) is 0 Å². The van der Waals surface area contributed by atoms with Gasteiger partial charge in [0.1, 0.15) is 0 Å². The fourth-order valence-corrected chi connectivity index (χ4v) is 2.23. The van der Waals surface area contributed by atoms with E-state index in [1.54, 1.807) is 0 Å². The molecule has 64 valence electrons. The Morgan fingerprint density at radius 1 is 1.45 bits per heavy atom. The van der Waals surface area contributed by atoms with Crippen LogP contribution in [-0.4, -0.2) is 18.6 Å². The Morgan fingerprint density at radius 2 is 2.27 bits per heavy atom. The summed E-state index contributed by atoms with van der Waals surface area (Å²) < 4.78 is 5.57. The smallest absolute Gasteiger partial charge is 0.0581 e. The summed E-state index contributed by atoms with van der Waals surface area (Å²) in [6, 6.07) is 0. The van der Waals surface area contributed by atoms with E-state index < -0.39 is 0 Å². The van der Waals surface area contributed by atoms with E-state index in [9.17, 15) is 0 Å². The molecular formula is C9H15ClO. The molecular weight excluding hydrogens is 160 g/mol. The van der Waals surface area contributed by atoms with Gasteiger partial charge < -0.3 is 4.74 Å². The average molecular weight is 175 g/mol. The van der Waals surface area contributed by atoms with Crippen LogP contribution in [0, 0.1) is 5.41 Å². The second-order valence-corrected chi connectivity index (χ2v) is 4.24. The zero-order chi connectivity index (χ0) is 7.73. The molecule has 11 heavy (non-hydrogen) atoms. The Kier molecular flexibility index (Phi) is 2.11. The van der Waals surface area contributed by atoms with Crippen LogP contribution in [0.15, 0.2) is 0 Å². The van der Waals surface area contributed by atoms with Crippen LogP contribution in [0.25, 0.3) is 0 Å². The third-order valence-electron chi connectivity index (χ3n) is 2.93. The van der Waals surface area contributed by atoms with Gasteiger partial charge in [0.05, 0.1) is 6.10 Å². The highest BCUT2D eigenvalue weighted by Gasteiger charge is 2.43. The molecule has 1 heterocycles. The Morgan fingerprint density at radius 3 is 2.73 bits per heavy atom. The van der Waals surface area contributed by atoms with Gasteiger partial charge in [0.25, 0.3) is 0 Å². The summed E-state index contributed by atoms with van der Waals surface area (Å²) in [5.41, 5.74) is 0.497. The summed E-state index contributed by atoms with van der Waals surface area (Å²) in [5.74, 6) is 0.840. The van der Waals surface area contributed by atoms with Gasteiger partial charge >= 0.3 is 0 Å². The first kappa shape index (κ1) is 7.88. The molecule has 1 atom stereocenters. The fraction of sp³-hybridized carbons (Fsp3) is 1.00. The van der Waals surface area contributed by atoms with Crippen LogP contribution in [0.3, 0.4) is 0 Å².